The maximum absolute atomic E-state index is 5.94. The summed E-state index contributed by atoms with van der Waals surface area (Å²) in [4.78, 5) is 0. The van der Waals surface area contributed by atoms with Crippen molar-refractivity contribution in [2.45, 2.75) is 13.3 Å². The van der Waals surface area contributed by atoms with Gasteiger partial charge in [0.1, 0.15) is 0 Å². The molecule has 0 saturated heterocycles. The zero-order valence-corrected chi connectivity index (χ0v) is 10.0. The Bertz CT molecular complexity index is 413. The van der Waals surface area contributed by atoms with Crippen LogP contribution in [-0.2, 0) is 6.42 Å². The molecule has 0 amide bonds. The highest BCUT2D eigenvalue weighted by atomic mass is 35.5. The predicted octanol–water partition coefficient (Wildman–Crippen LogP) is 0.859. The van der Waals surface area contributed by atoms with E-state index in [0.717, 1.165) is 17.0 Å². The molecule has 0 radical (unpaired) electrons. The normalized spacial score (nSPS) is 10.0. The first-order valence-electron chi connectivity index (χ1n) is 3.68. The zero-order chi connectivity index (χ0) is 8.55. The van der Waals surface area contributed by atoms with E-state index < -0.39 is 0 Å². The van der Waals surface area contributed by atoms with Gasteiger partial charge in [-0.05, 0) is 18.1 Å². The summed E-state index contributed by atoms with van der Waals surface area (Å²) in [6.45, 7) is 2.12. The molecule has 0 aliphatic rings. The van der Waals surface area contributed by atoms with Crippen molar-refractivity contribution in [3.63, 3.8) is 0 Å². The lowest BCUT2D eigenvalue weighted by Gasteiger charge is -1.94. The predicted molar refractivity (Wildman–Crippen MR) is 56.3 cm³/mol. The van der Waals surface area contributed by atoms with Crippen LogP contribution in [0.15, 0.2) is 12.1 Å². The number of benzene rings is 1. The molecule has 1 aromatic carbocycles. The van der Waals surface area contributed by atoms with Crippen LogP contribution >= 0.6 is 32.5 Å². The quantitative estimate of drug-likeness (QED) is 0.542. The standard InChI is InChI=1S/C8H7ClNS2.ClH/c1-2-5-3-6(9)4-7-8(5)10-12-11-7;/h3-4H,2H2,1H3;1H/q+1;/p-1. The van der Waals surface area contributed by atoms with E-state index in [2.05, 4.69) is 11.3 Å². The van der Waals surface area contributed by atoms with Crippen molar-refractivity contribution in [1.82, 2.24) is 4.37 Å². The zero-order valence-electron chi connectivity index (χ0n) is 6.88. The highest BCUT2D eigenvalue weighted by Crippen LogP contribution is 2.28. The molecule has 0 atom stereocenters. The van der Waals surface area contributed by atoms with Crippen molar-refractivity contribution < 1.29 is 12.4 Å². The molecule has 0 saturated carbocycles. The molecule has 0 N–H and O–H groups in total. The summed E-state index contributed by atoms with van der Waals surface area (Å²) >= 11 is 5.94. The molecule has 1 nitrogen and oxygen atoms in total. The van der Waals surface area contributed by atoms with Crippen LogP contribution in [0.4, 0.5) is 0 Å². The molecule has 13 heavy (non-hydrogen) atoms. The van der Waals surface area contributed by atoms with Crippen LogP contribution in [0.2, 0.25) is 5.02 Å². The molecule has 2 rings (SSSR count). The summed E-state index contributed by atoms with van der Waals surface area (Å²) in [5.41, 5.74) is 2.37. The number of aryl methyl sites for hydroxylation is 1. The summed E-state index contributed by atoms with van der Waals surface area (Å²) in [7, 11) is 3.20. The smallest absolute Gasteiger partial charge is 0.323 e. The SMILES string of the molecule is CCc1cc(Cl)cc2[s+]snc12.[Cl-]. The fourth-order valence-electron chi connectivity index (χ4n) is 1.16. The lowest BCUT2D eigenvalue weighted by atomic mass is 10.1. The highest BCUT2D eigenvalue weighted by Gasteiger charge is 2.13. The average Bonchev–Trinajstić information content (AvgIpc) is 2.50. The summed E-state index contributed by atoms with van der Waals surface area (Å²) in [6, 6.07) is 3.97. The fourth-order valence-corrected chi connectivity index (χ4v) is 3.32. The molecule has 0 spiro atoms. The molecule has 70 valence electrons. The van der Waals surface area contributed by atoms with Crippen molar-refractivity contribution in [3.05, 3.63) is 22.7 Å². The topological polar surface area (TPSA) is 12.9 Å². The van der Waals surface area contributed by atoms with Gasteiger partial charge in [0.15, 0.2) is 5.52 Å². The monoisotopic (exact) mass is 251 g/mol. The number of fused-ring (bicyclic) bond motifs is 1. The average molecular weight is 252 g/mol. The van der Waals surface area contributed by atoms with Gasteiger partial charge < -0.3 is 12.4 Å². The molecule has 0 bridgehead atoms. The molecule has 2 aromatic rings. The van der Waals surface area contributed by atoms with Crippen LogP contribution in [-0.4, -0.2) is 4.37 Å². The van der Waals surface area contributed by atoms with Crippen LogP contribution in [0.1, 0.15) is 12.5 Å². The van der Waals surface area contributed by atoms with Gasteiger partial charge in [-0.3, -0.25) is 0 Å². The highest BCUT2D eigenvalue weighted by molar-refractivity contribution is 7.69. The summed E-state index contributed by atoms with van der Waals surface area (Å²) in [5, 5.41) is 0.816. The van der Waals surface area contributed by atoms with Gasteiger partial charge in [-0.1, -0.05) is 18.5 Å². The van der Waals surface area contributed by atoms with Gasteiger partial charge in [0, 0.05) is 11.1 Å². The fraction of sp³-hybridized carbons (Fsp3) is 0.250. The Morgan fingerprint density at radius 2 is 2.31 bits per heavy atom. The van der Waals surface area contributed by atoms with Gasteiger partial charge in [-0.15, -0.1) is 4.37 Å². The van der Waals surface area contributed by atoms with E-state index in [1.807, 2.05) is 12.1 Å². The van der Waals surface area contributed by atoms with E-state index in [4.69, 9.17) is 11.6 Å². The Morgan fingerprint density at radius 3 is 3.00 bits per heavy atom. The van der Waals surface area contributed by atoms with Gasteiger partial charge in [0.25, 0.3) is 15.2 Å². The lowest BCUT2D eigenvalue weighted by molar-refractivity contribution is -0.00000225. The largest absolute Gasteiger partial charge is 1.00 e. The molecule has 0 aliphatic heterocycles. The summed E-state index contributed by atoms with van der Waals surface area (Å²) < 4.78 is 5.53. The third kappa shape index (κ3) is 2.10. The van der Waals surface area contributed by atoms with Crippen LogP contribution in [0.3, 0.4) is 0 Å². The minimum absolute atomic E-state index is 0. The van der Waals surface area contributed by atoms with Crippen molar-refractivity contribution in [2.75, 3.05) is 0 Å². The van der Waals surface area contributed by atoms with Crippen molar-refractivity contribution in [3.8, 4) is 0 Å². The first-order valence-corrected chi connectivity index (χ1v) is 6.17. The maximum Gasteiger partial charge on any atom is 0.323 e. The van der Waals surface area contributed by atoms with Gasteiger partial charge in [0.05, 0.1) is 0 Å². The molecule has 0 fully saturated rings. The van der Waals surface area contributed by atoms with E-state index >= 15 is 0 Å². The van der Waals surface area contributed by atoms with E-state index in [1.165, 1.54) is 20.8 Å². The lowest BCUT2D eigenvalue weighted by Crippen LogP contribution is -3.00. The summed E-state index contributed by atoms with van der Waals surface area (Å²) in [5.74, 6) is 0. The molecule has 0 unspecified atom stereocenters. The second kappa shape index (κ2) is 4.51. The maximum atomic E-state index is 5.94. The second-order valence-electron chi connectivity index (χ2n) is 2.51. The second-order valence-corrected chi connectivity index (χ2v) is 4.84. The van der Waals surface area contributed by atoms with Crippen LogP contribution < -0.4 is 12.4 Å². The van der Waals surface area contributed by atoms with Crippen molar-refractivity contribution in [2.24, 2.45) is 0 Å². The summed E-state index contributed by atoms with van der Waals surface area (Å²) in [6.07, 6.45) is 0.994. The molecular formula is C8H7Cl2NS2. The molecule has 0 aliphatic carbocycles. The number of halogens is 2. The van der Waals surface area contributed by atoms with Gasteiger partial charge in [0.2, 0.25) is 0 Å². The number of nitrogens with zero attached hydrogens (tertiary/aromatic N) is 1. The van der Waals surface area contributed by atoms with Crippen molar-refractivity contribution in [1.29, 1.82) is 0 Å². The third-order valence-corrected chi connectivity index (χ3v) is 3.78. The minimum atomic E-state index is 0. The van der Waals surface area contributed by atoms with Gasteiger partial charge in [-0.2, -0.15) is 0 Å². The van der Waals surface area contributed by atoms with E-state index in [1.54, 1.807) is 10.3 Å². The van der Waals surface area contributed by atoms with Crippen LogP contribution in [0.25, 0.3) is 10.2 Å². The molecular weight excluding hydrogens is 245 g/mol. The third-order valence-electron chi connectivity index (χ3n) is 1.76. The van der Waals surface area contributed by atoms with Gasteiger partial charge in [-0.25, -0.2) is 0 Å². The number of aromatic nitrogens is 1. The van der Waals surface area contributed by atoms with E-state index in [9.17, 15) is 0 Å². The Balaban J connectivity index is 0.000000845. The molecule has 1 aromatic heterocycles. The van der Waals surface area contributed by atoms with Crippen LogP contribution in [0.5, 0.6) is 0 Å². The Labute approximate surface area is 95.3 Å². The Hall–Kier alpha value is 0.0400. The van der Waals surface area contributed by atoms with Crippen molar-refractivity contribution >= 4 is 42.7 Å². The number of hydrogen-bond acceptors (Lipinski definition) is 2. The Morgan fingerprint density at radius 1 is 1.54 bits per heavy atom. The Kier molecular flexibility index (Phi) is 3.86. The first-order chi connectivity index (χ1) is 5.81. The molecule has 1 heterocycles. The minimum Gasteiger partial charge on any atom is -1.00 e. The molecule has 5 heteroatoms. The van der Waals surface area contributed by atoms with E-state index in [0.29, 0.717) is 0 Å². The number of hydrogen-bond donors (Lipinski definition) is 0. The van der Waals surface area contributed by atoms with E-state index in [-0.39, 0.29) is 12.4 Å². The van der Waals surface area contributed by atoms with Crippen LogP contribution in [0, 0.1) is 0 Å². The van der Waals surface area contributed by atoms with Gasteiger partial charge >= 0.3 is 10.3 Å². The number of rotatable bonds is 1. The first kappa shape index (κ1) is 11.1.